The highest BCUT2D eigenvalue weighted by atomic mass is 19.1. The van der Waals surface area contributed by atoms with Gasteiger partial charge in [0.15, 0.2) is 0 Å². The summed E-state index contributed by atoms with van der Waals surface area (Å²) in [6, 6.07) is 6.24. The summed E-state index contributed by atoms with van der Waals surface area (Å²) >= 11 is 0. The van der Waals surface area contributed by atoms with Gasteiger partial charge < -0.3 is 11.1 Å². The highest BCUT2D eigenvalue weighted by Gasteiger charge is 2.30. The van der Waals surface area contributed by atoms with Crippen molar-refractivity contribution in [1.29, 1.82) is 0 Å². The quantitative estimate of drug-likeness (QED) is 0.796. The molecule has 1 atom stereocenters. The zero-order valence-corrected chi connectivity index (χ0v) is 9.59. The standard InChI is InChI=1S/C12H17FN2O/c1-3-12(15-2,8-11(14)16)9-5-4-6-10(13)7-9/h4-7,15H,3,8H2,1-2H3,(H2,14,16). The highest BCUT2D eigenvalue weighted by Crippen LogP contribution is 2.28. The minimum Gasteiger partial charge on any atom is -0.370 e. The van der Waals surface area contributed by atoms with E-state index in [1.165, 1.54) is 12.1 Å². The summed E-state index contributed by atoms with van der Waals surface area (Å²) in [6.07, 6.45) is 0.819. The van der Waals surface area contributed by atoms with Crippen LogP contribution in [0.2, 0.25) is 0 Å². The Kier molecular flexibility index (Phi) is 4.01. The van der Waals surface area contributed by atoms with Gasteiger partial charge in [0.25, 0.3) is 0 Å². The van der Waals surface area contributed by atoms with E-state index in [0.717, 1.165) is 5.56 Å². The molecule has 0 radical (unpaired) electrons. The number of benzene rings is 1. The van der Waals surface area contributed by atoms with E-state index in [2.05, 4.69) is 5.32 Å². The second-order valence-corrected chi connectivity index (χ2v) is 3.84. The lowest BCUT2D eigenvalue weighted by Crippen LogP contribution is -2.43. The van der Waals surface area contributed by atoms with Crippen LogP contribution in [0.25, 0.3) is 0 Å². The predicted molar refractivity (Wildman–Crippen MR) is 61.2 cm³/mol. The number of carbonyl (C=O) groups is 1. The molecule has 1 aromatic carbocycles. The van der Waals surface area contributed by atoms with Gasteiger partial charge >= 0.3 is 0 Å². The van der Waals surface area contributed by atoms with Crippen molar-refractivity contribution in [1.82, 2.24) is 5.32 Å². The average Bonchev–Trinajstić information content (AvgIpc) is 2.25. The molecule has 1 amide bonds. The molecule has 0 saturated heterocycles. The third-order valence-corrected chi connectivity index (χ3v) is 2.94. The molecule has 1 aromatic rings. The first-order chi connectivity index (χ1) is 7.54. The van der Waals surface area contributed by atoms with Crippen LogP contribution in [-0.4, -0.2) is 13.0 Å². The molecule has 0 aliphatic heterocycles. The Morgan fingerprint density at radius 1 is 1.56 bits per heavy atom. The van der Waals surface area contributed by atoms with Crippen LogP contribution in [0, 0.1) is 5.82 Å². The number of rotatable bonds is 5. The minimum atomic E-state index is -0.575. The van der Waals surface area contributed by atoms with Gasteiger partial charge in [0.1, 0.15) is 5.82 Å². The summed E-state index contributed by atoms with van der Waals surface area (Å²) in [6.45, 7) is 1.93. The molecule has 0 aliphatic rings. The van der Waals surface area contributed by atoms with Gasteiger partial charge in [-0.25, -0.2) is 4.39 Å². The third kappa shape index (κ3) is 2.58. The fraction of sp³-hybridized carbons (Fsp3) is 0.417. The lowest BCUT2D eigenvalue weighted by atomic mass is 9.84. The Bertz CT molecular complexity index is 375. The predicted octanol–water partition coefficient (Wildman–Crippen LogP) is 1.53. The van der Waals surface area contributed by atoms with Crippen LogP contribution in [0.1, 0.15) is 25.3 Å². The molecule has 88 valence electrons. The molecular weight excluding hydrogens is 207 g/mol. The van der Waals surface area contributed by atoms with E-state index < -0.39 is 11.4 Å². The molecule has 16 heavy (non-hydrogen) atoms. The van der Waals surface area contributed by atoms with Crippen molar-refractivity contribution >= 4 is 5.91 Å². The first kappa shape index (κ1) is 12.6. The Morgan fingerprint density at radius 3 is 2.69 bits per heavy atom. The molecule has 1 rings (SSSR count). The van der Waals surface area contributed by atoms with Crippen molar-refractivity contribution < 1.29 is 9.18 Å². The summed E-state index contributed by atoms with van der Waals surface area (Å²) in [5.41, 5.74) is 5.40. The van der Waals surface area contributed by atoms with E-state index in [1.54, 1.807) is 19.2 Å². The number of hydrogen-bond acceptors (Lipinski definition) is 2. The molecule has 3 nitrogen and oxygen atoms in total. The molecule has 0 aliphatic carbocycles. The number of nitrogens with one attached hydrogen (secondary N) is 1. The van der Waals surface area contributed by atoms with E-state index in [0.29, 0.717) is 6.42 Å². The van der Waals surface area contributed by atoms with Gasteiger partial charge in [-0.05, 0) is 31.2 Å². The van der Waals surface area contributed by atoms with E-state index >= 15 is 0 Å². The Labute approximate surface area is 94.8 Å². The van der Waals surface area contributed by atoms with Gasteiger partial charge in [-0.2, -0.15) is 0 Å². The van der Waals surface area contributed by atoms with Crippen molar-refractivity contribution in [3.05, 3.63) is 35.6 Å². The highest BCUT2D eigenvalue weighted by molar-refractivity contribution is 5.75. The largest absolute Gasteiger partial charge is 0.370 e. The number of amides is 1. The molecule has 0 heterocycles. The average molecular weight is 224 g/mol. The van der Waals surface area contributed by atoms with Gasteiger partial charge in [-0.15, -0.1) is 0 Å². The first-order valence-corrected chi connectivity index (χ1v) is 5.27. The third-order valence-electron chi connectivity index (χ3n) is 2.94. The molecule has 0 fully saturated rings. The van der Waals surface area contributed by atoms with Crippen molar-refractivity contribution in [2.45, 2.75) is 25.3 Å². The van der Waals surface area contributed by atoms with Crippen molar-refractivity contribution in [3.63, 3.8) is 0 Å². The van der Waals surface area contributed by atoms with Crippen LogP contribution < -0.4 is 11.1 Å². The second-order valence-electron chi connectivity index (χ2n) is 3.84. The molecular formula is C12H17FN2O. The summed E-state index contributed by atoms with van der Waals surface area (Å²) in [7, 11) is 1.75. The van der Waals surface area contributed by atoms with Crippen LogP contribution in [-0.2, 0) is 10.3 Å². The van der Waals surface area contributed by atoms with Crippen LogP contribution in [0.5, 0.6) is 0 Å². The van der Waals surface area contributed by atoms with Gasteiger partial charge in [-0.1, -0.05) is 19.1 Å². The fourth-order valence-electron chi connectivity index (χ4n) is 1.92. The van der Waals surface area contributed by atoms with E-state index in [-0.39, 0.29) is 12.2 Å². The number of hydrogen-bond donors (Lipinski definition) is 2. The molecule has 0 aromatic heterocycles. The van der Waals surface area contributed by atoms with Crippen LogP contribution >= 0.6 is 0 Å². The topological polar surface area (TPSA) is 55.1 Å². The Hall–Kier alpha value is -1.42. The smallest absolute Gasteiger partial charge is 0.219 e. The molecule has 1 unspecified atom stereocenters. The van der Waals surface area contributed by atoms with Crippen molar-refractivity contribution in [2.75, 3.05) is 7.05 Å². The normalized spacial score (nSPS) is 14.4. The SMILES string of the molecule is CCC(CC(N)=O)(NC)c1cccc(F)c1. The molecule has 4 heteroatoms. The maximum absolute atomic E-state index is 13.2. The summed E-state index contributed by atoms with van der Waals surface area (Å²) in [5.74, 6) is -0.712. The molecule has 0 bridgehead atoms. The maximum Gasteiger partial charge on any atom is 0.219 e. The van der Waals surface area contributed by atoms with E-state index in [1.807, 2.05) is 6.92 Å². The van der Waals surface area contributed by atoms with Gasteiger partial charge in [0.05, 0.1) is 5.54 Å². The minimum absolute atomic E-state index is 0.156. The molecule has 0 spiro atoms. The monoisotopic (exact) mass is 224 g/mol. The summed E-state index contributed by atoms with van der Waals surface area (Å²) in [5, 5.41) is 3.07. The lowest BCUT2D eigenvalue weighted by molar-refractivity contribution is -0.119. The van der Waals surface area contributed by atoms with Crippen LogP contribution in [0.4, 0.5) is 4.39 Å². The van der Waals surface area contributed by atoms with Gasteiger partial charge in [-0.3, -0.25) is 4.79 Å². The second kappa shape index (κ2) is 5.07. The van der Waals surface area contributed by atoms with Crippen molar-refractivity contribution in [2.24, 2.45) is 5.73 Å². The van der Waals surface area contributed by atoms with Gasteiger partial charge in [0.2, 0.25) is 5.91 Å². The number of primary amides is 1. The Morgan fingerprint density at radius 2 is 2.25 bits per heavy atom. The van der Waals surface area contributed by atoms with Crippen LogP contribution in [0.3, 0.4) is 0 Å². The zero-order chi connectivity index (χ0) is 12.2. The first-order valence-electron chi connectivity index (χ1n) is 5.27. The number of nitrogens with two attached hydrogens (primary N) is 1. The van der Waals surface area contributed by atoms with Crippen molar-refractivity contribution in [3.8, 4) is 0 Å². The number of halogens is 1. The fourth-order valence-corrected chi connectivity index (χ4v) is 1.92. The van der Waals surface area contributed by atoms with E-state index in [4.69, 9.17) is 5.73 Å². The van der Waals surface area contributed by atoms with E-state index in [9.17, 15) is 9.18 Å². The molecule has 0 saturated carbocycles. The Balaban J connectivity index is 3.14. The summed E-state index contributed by atoms with van der Waals surface area (Å²) < 4.78 is 13.2. The number of carbonyl (C=O) groups excluding carboxylic acids is 1. The maximum atomic E-state index is 13.2. The van der Waals surface area contributed by atoms with Gasteiger partial charge in [0, 0.05) is 6.42 Å². The zero-order valence-electron chi connectivity index (χ0n) is 9.59. The molecule has 3 N–H and O–H groups in total. The summed E-state index contributed by atoms with van der Waals surface area (Å²) in [4.78, 5) is 11.1. The lowest BCUT2D eigenvalue weighted by Gasteiger charge is -2.32. The van der Waals surface area contributed by atoms with Crippen LogP contribution in [0.15, 0.2) is 24.3 Å².